The Kier molecular flexibility index (Phi) is 9.85. The predicted octanol–water partition coefficient (Wildman–Crippen LogP) is 3.60. The molecule has 1 amide bonds. The number of halogens is 1. The van der Waals surface area contributed by atoms with Crippen molar-refractivity contribution in [3.05, 3.63) is 71.3 Å². The lowest BCUT2D eigenvalue weighted by atomic mass is 10.1. The molecule has 6 heteroatoms. The number of carbonyl (C=O) groups excluding carboxylic acids is 1. The van der Waals surface area contributed by atoms with E-state index in [0.717, 1.165) is 24.6 Å². The molecule has 0 radical (unpaired) electrons. The van der Waals surface area contributed by atoms with Gasteiger partial charge in [0.25, 0.3) is 5.91 Å². The maximum absolute atomic E-state index is 12.0. The highest BCUT2D eigenvalue weighted by atomic mass is 127. The van der Waals surface area contributed by atoms with Gasteiger partial charge in [-0.15, -0.1) is 24.0 Å². The van der Waals surface area contributed by atoms with E-state index in [0.29, 0.717) is 12.1 Å². The molecule has 146 valence electrons. The zero-order chi connectivity index (χ0) is 18.9. The first-order chi connectivity index (χ1) is 12.5. The fourth-order valence-corrected chi connectivity index (χ4v) is 2.58. The number of amides is 1. The maximum atomic E-state index is 12.0. The van der Waals surface area contributed by atoms with Crippen LogP contribution >= 0.6 is 24.0 Å². The molecule has 2 aromatic carbocycles. The standard InChI is InChI=1S/C21H28N4O.HI/c1-5-22-21(25(4)16-18-9-7-6-8-10-18)23-15-17-11-13-19(14-12-17)20(26)24(2)3;/h6-14H,5,15-16H2,1-4H3,(H,22,23);1H. The fraction of sp³-hybridized carbons (Fsp3) is 0.333. The van der Waals surface area contributed by atoms with Crippen LogP contribution in [0.15, 0.2) is 59.6 Å². The summed E-state index contributed by atoms with van der Waals surface area (Å²) in [6.07, 6.45) is 0. The van der Waals surface area contributed by atoms with Gasteiger partial charge in [0.2, 0.25) is 0 Å². The summed E-state index contributed by atoms with van der Waals surface area (Å²) in [4.78, 5) is 20.4. The van der Waals surface area contributed by atoms with Gasteiger partial charge in [-0.3, -0.25) is 4.79 Å². The molecule has 0 aromatic heterocycles. The smallest absolute Gasteiger partial charge is 0.253 e. The van der Waals surface area contributed by atoms with E-state index in [1.165, 1.54) is 5.56 Å². The van der Waals surface area contributed by atoms with Crippen LogP contribution in [-0.2, 0) is 13.1 Å². The summed E-state index contributed by atoms with van der Waals surface area (Å²) in [5.74, 6) is 0.876. The van der Waals surface area contributed by atoms with E-state index in [-0.39, 0.29) is 29.9 Å². The molecule has 2 aromatic rings. The average Bonchev–Trinajstić information content (AvgIpc) is 2.65. The van der Waals surface area contributed by atoms with E-state index in [2.05, 4.69) is 29.3 Å². The van der Waals surface area contributed by atoms with E-state index < -0.39 is 0 Å². The van der Waals surface area contributed by atoms with Crippen molar-refractivity contribution in [3.63, 3.8) is 0 Å². The third-order valence-corrected chi connectivity index (χ3v) is 3.98. The molecular formula is C21H29IN4O. The zero-order valence-electron chi connectivity index (χ0n) is 16.5. The molecule has 0 saturated heterocycles. The van der Waals surface area contributed by atoms with Crippen molar-refractivity contribution >= 4 is 35.8 Å². The number of aliphatic imine (C=N–C) groups is 1. The molecule has 0 aliphatic carbocycles. The SMILES string of the molecule is CCNC(=NCc1ccc(C(=O)N(C)C)cc1)N(C)Cc1ccccc1.I. The van der Waals surface area contributed by atoms with Crippen molar-refractivity contribution in [2.45, 2.75) is 20.0 Å². The van der Waals surface area contributed by atoms with Crippen LogP contribution in [-0.4, -0.2) is 49.4 Å². The van der Waals surface area contributed by atoms with Gasteiger partial charge in [0.1, 0.15) is 0 Å². The van der Waals surface area contributed by atoms with E-state index >= 15 is 0 Å². The average molecular weight is 480 g/mol. The molecule has 0 spiro atoms. The Bertz CT molecular complexity index is 730. The van der Waals surface area contributed by atoms with Crippen molar-refractivity contribution in [2.75, 3.05) is 27.7 Å². The Morgan fingerprint density at radius 2 is 1.59 bits per heavy atom. The summed E-state index contributed by atoms with van der Waals surface area (Å²) in [6.45, 7) is 4.24. The molecule has 0 unspecified atom stereocenters. The van der Waals surface area contributed by atoms with Gasteiger partial charge in [0.15, 0.2) is 5.96 Å². The Balaban J connectivity index is 0.00000364. The number of benzene rings is 2. The Morgan fingerprint density at radius 3 is 2.15 bits per heavy atom. The summed E-state index contributed by atoms with van der Waals surface area (Å²) >= 11 is 0. The van der Waals surface area contributed by atoms with Crippen LogP contribution in [0.4, 0.5) is 0 Å². The third-order valence-electron chi connectivity index (χ3n) is 3.98. The molecular weight excluding hydrogens is 451 g/mol. The summed E-state index contributed by atoms with van der Waals surface area (Å²) in [5, 5.41) is 3.33. The maximum Gasteiger partial charge on any atom is 0.253 e. The van der Waals surface area contributed by atoms with Crippen LogP contribution in [0.5, 0.6) is 0 Å². The number of rotatable bonds is 6. The minimum Gasteiger partial charge on any atom is -0.357 e. The quantitative estimate of drug-likeness (QED) is 0.391. The van der Waals surface area contributed by atoms with Crippen molar-refractivity contribution in [3.8, 4) is 0 Å². The van der Waals surface area contributed by atoms with E-state index in [9.17, 15) is 4.79 Å². The lowest BCUT2D eigenvalue weighted by Crippen LogP contribution is -2.38. The molecule has 0 heterocycles. The summed E-state index contributed by atoms with van der Waals surface area (Å²) in [7, 11) is 5.55. The second kappa shape index (κ2) is 11.6. The number of nitrogens with one attached hydrogen (secondary N) is 1. The molecule has 0 saturated carbocycles. The van der Waals surface area contributed by atoms with Crippen LogP contribution < -0.4 is 5.32 Å². The first-order valence-electron chi connectivity index (χ1n) is 8.85. The van der Waals surface area contributed by atoms with E-state index in [1.54, 1.807) is 19.0 Å². The summed E-state index contributed by atoms with van der Waals surface area (Å²) in [5.41, 5.74) is 3.01. The molecule has 1 N–H and O–H groups in total. The predicted molar refractivity (Wildman–Crippen MR) is 123 cm³/mol. The number of hydrogen-bond donors (Lipinski definition) is 1. The van der Waals surface area contributed by atoms with Crippen LogP contribution in [0.25, 0.3) is 0 Å². The first kappa shape index (κ1) is 23.0. The van der Waals surface area contributed by atoms with Crippen LogP contribution in [0.2, 0.25) is 0 Å². The molecule has 0 fully saturated rings. The monoisotopic (exact) mass is 480 g/mol. The van der Waals surface area contributed by atoms with Crippen molar-refractivity contribution in [2.24, 2.45) is 4.99 Å². The van der Waals surface area contributed by atoms with Gasteiger partial charge in [-0.25, -0.2) is 4.99 Å². The highest BCUT2D eigenvalue weighted by Gasteiger charge is 2.08. The zero-order valence-corrected chi connectivity index (χ0v) is 18.8. The topological polar surface area (TPSA) is 47.9 Å². The molecule has 5 nitrogen and oxygen atoms in total. The molecule has 2 rings (SSSR count). The number of carbonyl (C=O) groups is 1. The third kappa shape index (κ3) is 7.21. The van der Waals surface area contributed by atoms with Crippen molar-refractivity contribution in [1.82, 2.24) is 15.1 Å². The van der Waals surface area contributed by atoms with Gasteiger partial charge < -0.3 is 15.1 Å². The second-order valence-corrected chi connectivity index (χ2v) is 6.41. The number of nitrogens with zero attached hydrogens (tertiary/aromatic N) is 3. The largest absolute Gasteiger partial charge is 0.357 e. The first-order valence-corrected chi connectivity index (χ1v) is 8.85. The second-order valence-electron chi connectivity index (χ2n) is 6.41. The minimum atomic E-state index is 0. The van der Waals surface area contributed by atoms with Crippen molar-refractivity contribution < 1.29 is 4.79 Å². The molecule has 0 aliphatic rings. The summed E-state index contributed by atoms with van der Waals surface area (Å²) in [6, 6.07) is 18.0. The fourth-order valence-electron chi connectivity index (χ4n) is 2.58. The Labute approximate surface area is 179 Å². The highest BCUT2D eigenvalue weighted by Crippen LogP contribution is 2.08. The van der Waals surface area contributed by atoms with Gasteiger partial charge in [-0.05, 0) is 30.2 Å². The molecule has 0 aliphatic heterocycles. The minimum absolute atomic E-state index is 0. The number of hydrogen-bond acceptors (Lipinski definition) is 2. The number of guanidine groups is 1. The Hall–Kier alpha value is -2.09. The van der Waals surface area contributed by atoms with E-state index in [1.807, 2.05) is 49.5 Å². The van der Waals surface area contributed by atoms with Gasteiger partial charge in [0.05, 0.1) is 6.54 Å². The van der Waals surface area contributed by atoms with E-state index in [4.69, 9.17) is 4.99 Å². The highest BCUT2D eigenvalue weighted by molar-refractivity contribution is 14.0. The molecule has 0 atom stereocenters. The van der Waals surface area contributed by atoms with Gasteiger partial charge in [0, 0.05) is 39.8 Å². The summed E-state index contributed by atoms with van der Waals surface area (Å²) < 4.78 is 0. The Morgan fingerprint density at radius 1 is 0.963 bits per heavy atom. The van der Waals surface area contributed by atoms with Gasteiger partial charge >= 0.3 is 0 Å². The lowest BCUT2D eigenvalue weighted by Gasteiger charge is -2.22. The molecule has 0 bridgehead atoms. The van der Waals surface area contributed by atoms with Crippen molar-refractivity contribution in [1.29, 1.82) is 0 Å². The normalized spacial score (nSPS) is 10.7. The van der Waals surface area contributed by atoms with Crippen LogP contribution in [0.1, 0.15) is 28.4 Å². The van der Waals surface area contributed by atoms with Gasteiger partial charge in [-0.2, -0.15) is 0 Å². The van der Waals surface area contributed by atoms with Crippen LogP contribution in [0, 0.1) is 0 Å². The van der Waals surface area contributed by atoms with Gasteiger partial charge in [-0.1, -0.05) is 42.5 Å². The lowest BCUT2D eigenvalue weighted by molar-refractivity contribution is 0.0827. The molecule has 27 heavy (non-hydrogen) atoms. The van der Waals surface area contributed by atoms with Crippen LogP contribution in [0.3, 0.4) is 0 Å².